The molecule has 1 aliphatic carbocycles. The second-order valence-electron chi connectivity index (χ2n) is 16.2. The molecule has 10 aromatic rings. The first-order valence-corrected chi connectivity index (χ1v) is 20.4. The molecule has 1 aliphatic rings. The number of nitrogens with zero attached hydrogens (tertiary/aromatic N) is 2. The molecule has 0 saturated heterocycles. The topological polar surface area (TPSA) is 25.8 Å². The molecule has 0 radical (unpaired) electrons. The van der Waals surface area contributed by atoms with Crippen LogP contribution in [-0.4, -0.2) is 9.97 Å². The standard InChI is InChI=1S/C57H40N2/c1-57(2)51-27-15-26-47(55(51)50-34-40-20-9-10-21-41(40)35-52(50)57)42-30-28-37-29-31-43(33-44(37)32-42)56-58-53(48-24-13-11-22-45(48)38-16-5-3-6-17-38)36-54(59-56)49-25-14-12-23-46(49)39-18-7-4-8-19-39/h3-36H,1-2H3. The highest BCUT2D eigenvalue weighted by Crippen LogP contribution is 2.53. The lowest BCUT2D eigenvalue weighted by Crippen LogP contribution is -2.14. The van der Waals surface area contributed by atoms with Crippen molar-refractivity contribution in [3.05, 3.63) is 217 Å². The summed E-state index contributed by atoms with van der Waals surface area (Å²) in [6, 6.07) is 74.3. The zero-order valence-corrected chi connectivity index (χ0v) is 33.0. The van der Waals surface area contributed by atoms with E-state index in [9.17, 15) is 0 Å². The molecule has 9 aromatic carbocycles. The number of fused-ring (bicyclic) bond motifs is 5. The molecule has 0 saturated carbocycles. The van der Waals surface area contributed by atoms with Gasteiger partial charge in [0.25, 0.3) is 0 Å². The number of aromatic nitrogens is 2. The molecule has 0 bridgehead atoms. The van der Waals surface area contributed by atoms with Crippen LogP contribution in [0, 0.1) is 0 Å². The van der Waals surface area contributed by atoms with Gasteiger partial charge >= 0.3 is 0 Å². The molecule has 2 heteroatoms. The predicted molar refractivity (Wildman–Crippen MR) is 247 cm³/mol. The fourth-order valence-corrected chi connectivity index (χ4v) is 9.27. The molecule has 0 aliphatic heterocycles. The van der Waals surface area contributed by atoms with Crippen LogP contribution in [0.4, 0.5) is 0 Å². The third-order valence-electron chi connectivity index (χ3n) is 12.3. The second-order valence-corrected chi connectivity index (χ2v) is 16.2. The van der Waals surface area contributed by atoms with Crippen molar-refractivity contribution in [3.8, 4) is 78.4 Å². The van der Waals surface area contributed by atoms with E-state index in [2.05, 4.69) is 220 Å². The molecule has 0 fully saturated rings. The average Bonchev–Trinajstić information content (AvgIpc) is 3.53. The lowest BCUT2D eigenvalue weighted by Gasteiger charge is -2.22. The first-order chi connectivity index (χ1) is 29.0. The highest BCUT2D eigenvalue weighted by Gasteiger charge is 2.37. The van der Waals surface area contributed by atoms with Gasteiger partial charge in [-0.1, -0.05) is 190 Å². The van der Waals surface area contributed by atoms with E-state index in [1.54, 1.807) is 0 Å². The van der Waals surface area contributed by atoms with Crippen molar-refractivity contribution in [3.63, 3.8) is 0 Å². The smallest absolute Gasteiger partial charge is 0.160 e. The Morgan fingerprint density at radius 2 is 0.814 bits per heavy atom. The monoisotopic (exact) mass is 752 g/mol. The maximum atomic E-state index is 5.38. The lowest BCUT2D eigenvalue weighted by atomic mass is 9.81. The van der Waals surface area contributed by atoms with Gasteiger partial charge in [-0.15, -0.1) is 0 Å². The fourth-order valence-electron chi connectivity index (χ4n) is 9.27. The number of benzene rings is 9. The Morgan fingerprint density at radius 3 is 1.44 bits per heavy atom. The van der Waals surface area contributed by atoms with E-state index in [0.29, 0.717) is 5.82 Å². The van der Waals surface area contributed by atoms with Crippen molar-refractivity contribution < 1.29 is 0 Å². The molecular formula is C57H40N2. The van der Waals surface area contributed by atoms with Crippen LogP contribution < -0.4 is 0 Å². The normalized spacial score (nSPS) is 12.7. The van der Waals surface area contributed by atoms with Crippen LogP contribution in [0.15, 0.2) is 206 Å². The molecule has 278 valence electrons. The predicted octanol–water partition coefficient (Wildman–Crippen LogP) is 15.1. The third kappa shape index (κ3) is 5.96. The van der Waals surface area contributed by atoms with Crippen molar-refractivity contribution in [1.29, 1.82) is 0 Å². The van der Waals surface area contributed by atoms with E-state index < -0.39 is 0 Å². The van der Waals surface area contributed by atoms with Crippen LogP contribution in [0.3, 0.4) is 0 Å². The maximum absolute atomic E-state index is 5.38. The lowest BCUT2D eigenvalue weighted by molar-refractivity contribution is 0.661. The molecular weight excluding hydrogens is 713 g/mol. The van der Waals surface area contributed by atoms with Crippen molar-refractivity contribution in [1.82, 2.24) is 9.97 Å². The van der Waals surface area contributed by atoms with Gasteiger partial charge in [0.15, 0.2) is 5.82 Å². The number of rotatable bonds is 6. The molecule has 59 heavy (non-hydrogen) atoms. The molecule has 0 N–H and O–H groups in total. The Balaban J connectivity index is 1.08. The van der Waals surface area contributed by atoms with Gasteiger partial charge in [-0.05, 0) is 108 Å². The number of hydrogen-bond donors (Lipinski definition) is 0. The summed E-state index contributed by atoms with van der Waals surface area (Å²) >= 11 is 0. The van der Waals surface area contributed by atoms with Gasteiger partial charge in [-0.3, -0.25) is 0 Å². The minimum Gasteiger partial charge on any atom is -0.228 e. The van der Waals surface area contributed by atoms with E-state index in [1.165, 1.54) is 49.5 Å². The van der Waals surface area contributed by atoms with Crippen LogP contribution >= 0.6 is 0 Å². The molecule has 0 unspecified atom stereocenters. The van der Waals surface area contributed by atoms with Crippen LogP contribution in [-0.2, 0) is 5.41 Å². The minimum absolute atomic E-state index is 0.104. The maximum Gasteiger partial charge on any atom is 0.160 e. The van der Waals surface area contributed by atoms with Gasteiger partial charge in [-0.25, -0.2) is 9.97 Å². The molecule has 0 atom stereocenters. The van der Waals surface area contributed by atoms with Gasteiger partial charge in [0.05, 0.1) is 11.4 Å². The zero-order chi connectivity index (χ0) is 39.5. The summed E-state index contributed by atoms with van der Waals surface area (Å²) in [5.74, 6) is 0.693. The summed E-state index contributed by atoms with van der Waals surface area (Å²) in [6.45, 7) is 4.73. The van der Waals surface area contributed by atoms with Crippen LogP contribution in [0.2, 0.25) is 0 Å². The molecule has 1 heterocycles. The Labute approximate surface area is 345 Å². The van der Waals surface area contributed by atoms with Gasteiger partial charge in [0.1, 0.15) is 0 Å². The Hall–Kier alpha value is -7.42. The molecule has 0 amide bonds. The molecule has 0 spiro atoms. The van der Waals surface area contributed by atoms with Crippen LogP contribution in [0.25, 0.3) is 100.0 Å². The van der Waals surface area contributed by atoms with Gasteiger partial charge < -0.3 is 0 Å². The van der Waals surface area contributed by atoms with E-state index in [1.807, 2.05) is 0 Å². The van der Waals surface area contributed by atoms with Gasteiger partial charge in [0, 0.05) is 22.1 Å². The van der Waals surface area contributed by atoms with E-state index in [-0.39, 0.29) is 5.41 Å². The van der Waals surface area contributed by atoms with Gasteiger partial charge in [0.2, 0.25) is 0 Å². The highest BCUT2D eigenvalue weighted by atomic mass is 14.9. The SMILES string of the molecule is CC1(C)c2cc3ccccc3cc2-c2c(-c3ccc4ccc(-c5nc(-c6ccccc6-c6ccccc6)cc(-c6ccccc6-c6ccccc6)n5)cc4c3)cccc21. The van der Waals surface area contributed by atoms with Crippen LogP contribution in [0.1, 0.15) is 25.0 Å². The summed E-state index contributed by atoms with van der Waals surface area (Å²) in [4.78, 5) is 10.8. The van der Waals surface area contributed by atoms with Gasteiger partial charge in [-0.2, -0.15) is 0 Å². The minimum atomic E-state index is -0.104. The van der Waals surface area contributed by atoms with Crippen molar-refractivity contribution in [2.45, 2.75) is 19.3 Å². The van der Waals surface area contributed by atoms with E-state index >= 15 is 0 Å². The Kier molecular flexibility index (Phi) is 8.20. The summed E-state index contributed by atoms with van der Waals surface area (Å²) in [5.41, 5.74) is 17.2. The zero-order valence-electron chi connectivity index (χ0n) is 33.0. The Bertz CT molecular complexity index is 3130. The van der Waals surface area contributed by atoms with E-state index in [4.69, 9.17) is 9.97 Å². The average molecular weight is 753 g/mol. The summed E-state index contributed by atoms with van der Waals surface area (Å²) in [5, 5.41) is 4.89. The summed E-state index contributed by atoms with van der Waals surface area (Å²) in [7, 11) is 0. The third-order valence-corrected chi connectivity index (χ3v) is 12.3. The van der Waals surface area contributed by atoms with E-state index in [0.717, 1.165) is 55.7 Å². The molecule has 1 aromatic heterocycles. The fraction of sp³-hybridized carbons (Fsp3) is 0.0526. The van der Waals surface area contributed by atoms with Crippen molar-refractivity contribution in [2.24, 2.45) is 0 Å². The highest BCUT2D eigenvalue weighted by molar-refractivity contribution is 6.00. The van der Waals surface area contributed by atoms with Crippen molar-refractivity contribution in [2.75, 3.05) is 0 Å². The largest absolute Gasteiger partial charge is 0.228 e. The quantitative estimate of drug-likeness (QED) is 0.169. The first kappa shape index (κ1) is 34.8. The van der Waals surface area contributed by atoms with Crippen molar-refractivity contribution >= 4 is 21.5 Å². The Morgan fingerprint density at radius 1 is 0.305 bits per heavy atom. The van der Waals surface area contributed by atoms with Crippen LogP contribution in [0.5, 0.6) is 0 Å². The second kappa shape index (κ2) is 13.9. The first-order valence-electron chi connectivity index (χ1n) is 20.4. The summed E-state index contributed by atoms with van der Waals surface area (Å²) < 4.78 is 0. The molecule has 2 nitrogen and oxygen atoms in total. The number of hydrogen-bond acceptors (Lipinski definition) is 2. The summed E-state index contributed by atoms with van der Waals surface area (Å²) in [6.07, 6.45) is 0. The molecule has 11 rings (SSSR count).